The van der Waals surface area contributed by atoms with E-state index in [1.54, 1.807) is 24.3 Å². The largest absolute Gasteiger partial charge is 0.494 e. The first kappa shape index (κ1) is 23.8. The van der Waals surface area contributed by atoms with E-state index in [-0.39, 0.29) is 12.5 Å². The topological polar surface area (TPSA) is 91.8 Å². The molecule has 1 aromatic heterocycles. The Morgan fingerprint density at radius 3 is 2.18 bits per heavy atom. The summed E-state index contributed by atoms with van der Waals surface area (Å²) in [4.78, 5) is 12.4. The highest BCUT2D eigenvalue weighted by Crippen LogP contribution is 2.28. The van der Waals surface area contributed by atoms with Crippen molar-refractivity contribution in [3.05, 3.63) is 60.2 Å². The second-order valence-corrected chi connectivity index (χ2v) is 6.85. The highest BCUT2D eigenvalue weighted by atomic mass is 16.5. The van der Waals surface area contributed by atoms with Gasteiger partial charge in [0.05, 0.1) is 32.1 Å². The quantitative estimate of drug-likeness (QED) is 0.414. The van der Waals surface area contributed by atoms with Crippen LogP contribution in [0.4, 0.5) is 0 Å². The van der Waals surface area contributed by atoms with Crippen molar-refractivity contribution in [3.63, 3.8) is 0 Å². The van der Waals surface area contributed by atoms with Gasteiger partial charge in [0.2, 0.25) is 5.88 Å². The normalized spacial score (nSPS) is 10.4. The second-order valence-electron chi connectivity index (χ2n) is 6.85. The fraction of sp³-hybridized carbons (Fsp3) is 0.320. The molecule has 33 heavy (non-hydrogen) atoms. The molecule has 0 unspecified atom stereocenters. The van der Waals surface area contributed by atoms with Gasteiger partial charge in [-0.15, -0.1) is 10.2 Å². The van der Waals surface area contributed by atoms with Gasteiger partial charge in [-0.2, -0.15) is 0 Å². The van der Waals surface area contributed by atoms with Gasteiger partial charge in [-0.1, -0.05) is 0 Å². The van der Waals surface area contributed by atoms with Gasteiger partial charge in [0, 0.05) is 17.2 Å². The number of rotatable bonds is 12. The molecule has 2 aromatic carbocycles. The number of carbonyl (C=O) groups is 1. The lowest BCUT2D eigenvalue weighted by Crippen LogP contribution is -2.28. The molecule has 0 bridgehead atoms. The molecular weight excluding hydrogens is 422 g/mol. The zero-order valence-corrected chi connectivity index (χ0v) is 19.2. The van der Waals surface area contributed by atoms with Crippen molar-refractivity contribution in [1.82, 2.24) is 15.5 Å². The van der Waals surface area contributed by atoms with Crippen LogP contribution in [0.1, 0.15) is 31.1 Å². The van der Waals surface area contributed by atoms with Gasteiger partial charge < -0.3 is 24.3 Å². The molecule has 0 aliphatic carbocycles. The van der Waals surface area contributed by atoms with Gasteiger partial charge in [0.15, 0.2) is 11.5 Å². The molecule has 8 heteroatoms. The molecule has 0 saturated carbocycles. The number of benzene rings is 2. The summed E-state index contributed by atoms with van der Waals surface area (Å²) in [5.74, 6) is 2.14. The van der Waals surface area contributed by atoms with E-state index in [2.05, 4.69) is 15.5 Å². The Labute approximate surface area is 193 Å². The smallest absolute Gasteiger partial charge is 0.251 e. The van der Waals surface area contributed by atoms with Crippen molar-refractivity contribution >= 4 is 5.91 Å². The standard InChI is InChI=1S/C25H29N3O5/c1-4-30-20-10-7-18(8-11-20)21-12-14-24(28-27-21)33-16-15-26-25(29)19-9-13-22(31-5-2)23(17-19)32-6-3/h7-14,17H,4-6,15-16H2,1-3H3,(H,26,29). The summed E-state index contributed by atoms with van der Waals surface area (Å²) in [6, 6.07) is 16.4. The lowest BCUT2D eigenvalue weighted by atomic mass is 10.1. The molecule has 0 saturated heterocycles. The third-order valence-corrected chi connectivity index (χ3v) is 4.54. The molecule has 8 nitrogen and oxygen atoms in total. The number of ether oxygens (including phenoxy) is 4. The molecular formula is C25H29N3O5. The van der Waals surface area contributed by atoms with Gasteiger partial charge in [0.25, 0.3) is 5.91 Å². The van der Waals surface area contributed by atoms with Crippen molar-refractivity contribution in [1.29, 1.82) is 0 Å². The third-order valence-electron chi connectivity index (χ3n) is 4.54. The number of hydrogen-bond donors (Lipinski definition) is 1. The monoisotopic (exact) mass is 451 g/mol. The van der Waals surface area contributed by atoms with Gasteiger partial charge in [-0.05, 0) is 69.3 Å². The molecule has 3 rings (SSSR count). The number of nitrogens with zero attached hydrogens (tertiary/aromatic N) is 2. The summed E-state index contributed by atoms with van der Waals surface area (Å²) in [7, 11) is 0. The Bertz CT molecular complexity index is 1020. The van der Waals surface area contributed by atoms with E-state index in [4.69, 9.17) is 18.9 Å². The van der Waals surface area contributed by atoms with Crippen molar-refractivity contribution in [2.45, 2.75) is 20.8 Å². The van der Waals surface area contributed by atoms with Crippen LogP contribution in [0.15, 0.2) is 54.6 Å². The Kier molecular flexibility index (Phi) is 8.88. The van der Waals surface area contributed by atoms with Crippen LogP contribution in [0.25, 0.3) is 11.3 Å². The van der Waals surface area contributed by atoms with Crippen LogP contribution in [0.5, 0.6) is 23.1 Å². The zero-order valence-electron chi connectivity index (χ0n) is 19.2. The maximum absolute atomic E-state index is 12.4. The first-order chi connectivity index (χ1) is 16.1. The van der Waals surface area contributed by atoms with E-state index in [0.29, 0.717) is 49.3 Å². The highest BCUT2D eigenvalue weighted by molar-refractivity contribution is 5.94. The first-order valence-corrected chi connectivity index (χ1v) is 11.0. The molecule has 0 radical (unpaired) electrons. The summed E-state index contributed by atoms with van der Waals surface area (Å²) >= 11 is 0. The van der Waals surface area contributed by atoms with Gasteiger partial charge in [-0.25, -0.2) is 0 Å². The molecule has 0 fully saturated rings. The predicted octanol–water partition coefficient (Wildman–Crippen LogP) is 4.15. The van der Waals surface area contributed by atoms with E-state index in [1.807, 2.05) is 51.1 Å². The van der Waals surface area contributed by atoms with Gasteiger partial charge in [0.1, 0.15) is 12.4 Å². The van der Waals surface area contributed by atoms with E-state index >= 15 is 0 Å². The van der Waals surface area contributed by atoms with Gasteiger partial charge >= 0.3 is 0 Å². The summed E-state index contributed by atoms with van der Waals surface area (Å²) in [5, 5.41) is 11.1. The lowest BCUT2D eigenvalue weighted by molar-refractivity contribution is 0.0946. The summed E-state index contributed by atoms with van der Waals surface area (Å²) in [6.45, 7) is 7.94. The fourth-order valence-electron chi connectivity index (χ4n) is 3.05. The van der Waals surface area contributed by atoms with Crippen LogP contribution in [0, 0.1) is 0 Å². The van der Waals surface area contributed by atoms with Crippen LogP contribution >= 0.6 is 0 Å². The fourth-order valence-corrected chi connectivity index (χ4v) is 3.05. The van der Waals surface area contributed by atoms with Crippen molar-refractivity contribution in [2.75, 3.05) is 33.0 Å². The molecule has 3 aromatic rings. The van der Waals surface area contributed by atoms with Crippen LogP contribution in [-0.2, 0) is 0 Å². The van der Waals surface area contributed by atoms with Crippen molar-refractivity contribution in [2.24, 2.45) is 0 Å². The second kappa shape index (κ2) is 12.3. The SMILES string of the molecule is CCOc1ccc(-c2ccc(OCCNC(=O)c3ccc(OCC)c(OCC)c3)nn2)cc1. The molecule has 1 amide bonds. The summed E-state index contributed by atoms with van der Waals surface area (Å²) in [5.41, 5.74) is 2.16. The number of aromatic nitrogens is 2. The molecule has 1 N–H and O–H groups in total. The minimum Gasteiger partial charge on any atom is -0.494 e. The predicted molar refractivity (Wildman–Crippen MR) is 125 cm³/mol. The maximum atomic E-state index is 12.4. The van der Waals surface area contributed by atoms with E-state index in [0.717, 1.165) is 17.0 Å². The average Bonchev–Trinajstić information content (AvgIpc) is 2.84. The lowest BCUT2D eigenvalue weighted by Gasteiger charge is -2.12. The van der Waals surface area contributed by atoms with Crippen LogP contribution in [0.2, 0.25) is 0 Å². The van der Waals surface area contributed by atoms with Gasteiger partial charge in [-0.3, -0.25) is 4.79 Å². The molecule has 1 heterocycles. The molecule has 0 aliphatic rings. The Morgan fingerprint density at radius 1 is 0.788 bits per heavy atom. The molecule has 174 valence electrons. The summed E-state index contributed by atoms with van der Waals surface area (Å²) in [6.07, 6.45) is 0. The maximum Gasteiger partial charge on any atom is 0.251 e. The van der Waals surface area contributed by atoms with Crippen molar-refractivity contribution < 1.29 is 23.7 Å². The Balaban J connectivity index is 1.48. The average molecular weight is 452 g/mol. The zero-order chi connectivity index (χ0) is 23.5. The Hall–Kier alpha value is -3.81. The van der Waals surface area contributed by atoms with E-state index in [9.17, 15) is 4.79 Å². The van der Waals surface area contributed by atoms with Crippen LogP contribution < -0.4 is 24.3 Å². The van der Waals surface area contributed by atoms with Crippen LogP contribution in [0.3, 0.4) is 0 Å². The minimum atomic E-state index is -0.223. The van der Waals surface area contributed by atoms with Crippen molar-refractivity contribution in [3.8, 4) is 34.4 Å². The third kappa shape index (κ3) is 6.83. The summed E-state index contributed by atoms with van der Waals surface area (Å²) < 4.78 is 22.1. The minimum absolute atomic E-state index is 0.223. The number of amides is 1. The highest BCUT2D eigenvalue weighted by Gasteiger charge is 2.11. The molecule has 0 spiro atoms. The number of nitrogens with one attached hydrogen (secondary N) is 1. The first-order valence-electron chi connectivity index (χ1n) is 11.0. The Morgan fingerprint density at radius 2 is 1.52 bits per heavy atom. The molecule has 0 aliphatic heterocycles. The number of carbonyl (C=O) groups excluding carboxylic acids is 1. The number of hydrogen-bond acceptors (Lipinski definition) is 7. The van der Waals surface area contributed by atoms with Crippen LogP contribution in [-0.4, -0.2) is 49.1 Å². The molecule has 0 atom stereocenters. The van der Waals surface area contributed by atoms with E-state index in [1.165, 1.54) is 0 Å². The van der Waals surface area contributed by atoms with E-state index < -0.39 is 0 Å².